The van der Waals surface area contributed by atoms with Gasteiger partial charge in [0.15, 0.2) is 4.90 Å². The highest BCUT2D eigenvalue weighted by atomic mass is 32.2. The Hall–Kier alpha value is -1.51. The zero-order valence-corrected chi connectivity index (χ0v) is 15.0. The summed E-state index contributed by atoms with van der Waals surface area (Å²) in [7, 11) is -3.82. The monoisotopic (exact) mass is 366 g/mol. The number of nitro benzene ring substituents is 1. The maximum atomic E-state index is 12.9. The van der Waals surface area contributed by atoms with Crippen molar-refractivity contribution in [2.45, 2.75) is 36.6 Å². The summed E-state index contributed by atoms with van der Waals surface area (Å²) in [5.74, 6) is 1.70. The number of sulfonamides is 1. The van der Waals surface area contributed by atoms with Crippen molar-refractivity contribution in [3.05, 3.63) is 34.4 Å². The van der Waals surface area contributed by atoms with Crippen LogP contribution in [0.5, 0.6) is 0 Å². The molecule has 2 bridgehead atoms. The van der Waals surface area contributed by atoms with Gasteiger partial charge in [0, 0.05) is 18.4 Å². The summed E-state index contributed by atoms with van der Waals surface area (Å²) in [6.07, 6.45) is 5.34. The highest BCUT2D eigenvalue weighted by Crippen LogP contribution is 2.43. The summed E-state index contributed by atoms with van der Waals surface area (Å²) in [5, 5.41) is 11.2. The van der Waals surface area contributed by atoms with Crippen molar-refractivity contribution in [3.63, 3.8) is 0 Å². The molecule has 3 aliphatic rings. The van der Waals surface area contributed by atoms with Crippen LogP contribution in [0.25, 0.3) is 0 Å². The topological polar surface area (TPSA) is 85.0 Å². The third-order valence-electron chi connectivity index (χ3n) is 6.31. The van der Waals surface area contributed by atoms with Gasteiger partial charge in [-0.1, -0.05) is 12.1 Å². The summed E-state index contributed by atoms with van der Waals surface area (Å²) >= 11 is 0. The lowest BCUT2D eigenvalue weighted by molar-refractivity contribution is -0.932. The van der Waals surface area contributed by atoms with Crippen LogP contribution in [0.1, 0.15) is 25.7 Å². The Kier molecular flexibility index (Phi) is 4.29. The fraction of sp³-hybridized carbons (Fsp3) is 0.647. The van der Waals surface area contributed by atoms with Crippen molar-refractivity contribution >= 4 is 15.7 Å². The molecule has 3 fully saturated rings. The first-order valence-corrected chi connectivity index (χ1v) is 10.5. The summed E-state index contributed by atoms with van der Waals surface area (Å²) in [4.78, 5) is 11.9. The fourth-order valence-corrected chi connectivity index (χ4v) is 6.69. The van der Waals surface area contributed by atoms with E-state index in [4.69, 9.17) is 0 Å². The molecule has 4 rings (SSSR count). The number of nitro groups is 1. The van der Waals surface area contributed by atoms with Crippen molar-refractivity contribution in [1.29, 1.82) is 0 Å². The Balaban J connectivity index is 1.48. The van der Waals surface area contributed by atoms with E-state index in [1.807, 2.05) is 0 Å². The van der Waals surface area contributed by atoms with E-state index in [1.165, 1.54) is 59.2 Å². The number of nitrogens with one attached hydrogen (secondary N) is 1. The van der Waals surface area contributed by atoms with Gasteiger partial charge in [-0.05, 0) is 31.2 Å². The number of benzene rings is 1. The van der Waals surface area contributed by atoms with E-state index in [0.29, 0.717) is 19.1 Å². The van der Waals surface area contributed by atoms with Crippen molar-refractivity contribution in [1.82, 2.24) is 4.31 Å². The number of rotatable bonds is 4. The molecule has 2 saturated carbocycles. The molecule has 1 aromatic rings. The average molecular weight is 366 g/mol. The Morgan fingerprint density at radius 1 is 1.12 bits per heavy atom. The van der Waals surface area contributed by atoms with Gasteiger partial charge in [-0.15, -0.1) is 0 Å². The first kappa shape index (κ1) is 16.9. The molecule has 2 aliphatic carbocycles. The molecule has 0 spiro atoms. The van der Waals surface area contributed by atoms with E-state index in [-0.39, 0.29) is 10.6 Å². The Labute approximate surface area is 147 Å². The molecule has 136 valence electrons. The zero-order chi connectivity index (χ0) is 17.6. The third-order valence-corrected chi connectivity index (χ3v) is 8.25. The molecule has 0 radical (unpaired) electrons. The molecule has 0 aromatic heterocycles. The molecule has 8 heteroatoms. The number of quaternary nitrogens is 1. The summed E-state index contributed by atoms with van der Waals surface area (Å²) < 4.78 is 27.2. The van der Waals surface area contributed by atoms with Gasteiger partial charge in [0.1, 0.15) is 0 Å². The summed E-state index contributed by atoms with van der Waals surface area (Å²) in [6, 6.07) is 6.31. The molecule has 1 aromatic carbocycles. The van der Waals surface area contributed by atoms with Crippen LogP contribution in [0.15, 0.2) is 29.2 Å². The van der Waals surface area contributed by atoms with Crippen molar-refractivity contribution in [3.8, 4) is 0 Å². The minimum Gasteiger partial charge on any atom is -0.330 e. The smallest absolute Gasteiger partial charge is 0.289 e. The lowest BCUT2D eigenvalue weighted by Gasteiger charge is -2.37. The molecular formula is C17H24N3O4S+. The predicted octanol–water partition coefficient (Wildman–Crippen LogP) is 0.673. The van der Waals surface area contributed by atoms with Crippen molar-refractivity contribution < 1.29 is 18.2 Å². The van der Waals surface area contributed by atoms with E-state index in [0.717, 1.165) is 24.9 Å². The van der Waals surface area contributed by atoms with Gasteiger partial charge in [0.2, 0.25) is 10.0 Å². The van der Waals surface area contributed by atoms with E-state index in [1.54, 1.807) is 0 Å². The van der Waals surface area contributed by atoms with Gasteiger partial charge in [-0.3, -0.25) is 10.1 Å². The second-order valence-corrected chi connectivity index (χ2v) is 9.47. The molecule has 0 unspecified atom stereocenters. The molecule has 7 nitrogen and oxygen atoms in total. The van der Waals surface area contributed by atoms with E-state index in [2.05, 4.69) is 0 Å². The minimum atomic E-state index is -3.82. The largest absolute Gasteiger partial charge is 0.330 e. The Morgan fingerprint density at radius 3 is 2.44 bits per heavy atom. The standard InChI is InChI=1S/C17H23N3O4S/c21-20(22)15-3-1-2-4-17(15)25(23,24)19-9-7-18(8-10-19)16-12-13-5-6-14(16)11-13/h1-4,13-14,16H,5-12H2/p+1/t13-,14+,16+/m0/s1. The highest BCUT2D eigenvalue weighted by Gasteiger charge is 2.46. The number of para-hydroxylation sites is 1. The van der Waals surface area contributed by atoms with E-state index in [9.17, 15) is 18.5 Å². The van der Waals surface area contributed by atoms with Gasteiger partial charge >= 0.3 is 0 Å². The maximum absolute atomic E-state index is 12.9. The lowest BCUT2D eigenvalue weighted by Crippen LogP contribution is -3.18. The number of piperazine rings is 1. The zero-order valence-electron chi connectivity index (χ0n) is 14.1. The maximum Gasteiger partial charge on any atom is 0.289 e. The average Bonchev–Trinajstić information content (AvgIpc) is 3.25. The van der Waals surface area contributed by atoms with Gasteiger partial charge in [-0.25, -0.2) is 8.42 Å². The van der Waals surface area contributed by atoms with Crippen molar-refractivity contribution in [2.24, 2.45) is 11.8 Å². The van der Waals surface area contributed by atoms with Crippen LogP contribution >= 0.6 is 0 Å². The summed E-state index contributed by atoms with van der Waals surface area (Å²) in [6.45, 7) is 2.48. The van der Waals surface area contributed by atoms with Crippen LogP contribution in [-0.4, -0.2) is 49.9 Å². The van der Waals surface area contributed by atoms with Crippen LogP contribution in [0.4, 0.5) is 5.69 Å². The predicted molar refractivity (Wildman–Crippen MR) is 91.8 cm³/mol. The third kappa shape index (κ3) is 2.96. The molecule has 1 N–H and O–H groups in total. The van der Waals surface area contributed by atoms with Gasteiger partial charge in [0.25, 0.3) is 5.69 Å². The number of fused-ring (bicyclic) bond motifs is 2. The molecule has 0 amide bonds. The normalized spacial score (nSPS) is 30.6. The number of nitrogens with zero attached hydrogens (tertiary/aromatic N) is 2. The molecule has 25 heavy (non-hydrogen) atoms. The van der Waals surface area contributed by atoms with Crippen LogP contribution in [0.3, 0.4) is 0 Å². The molecular weight excluding hydrogens is 342 g/mol. The first-order valence-electron chi connectivity index (χ1n) is 9.05. The lowest BCUT2D eigenvalue weighted by atomic mass is 9.93. The van der Waals surface area contributed by atoms with Crippen molar-refractivity contribution in [2.75, 3.05) is 26.2 Å². The Bertz CT molecular complexity index is 774. The van der Waals surface area contributed by atoms with E-state index >= 15 is 0 Å². The first-order chi connectivity index (χ1) is 12.0. The van der Waals surface area contributed by atoms with Gasteiger partial charge in [-0.2, -0.15) is 4.31 Å². The molecule has 3 atom stereocenters. The van der Waals surface area contributed by atoms with E-state index < -0.39 is 14.9 Å². The second kappa shape index (κ2) is 6.34. The van der Waals surface area contributed by atoms with Crippen LogP contribution in [-0.2, 0) is 10.0 Å². The van der Waals surface area contributed by atoms with Crippen LogP contribution < -0.4 is 4.90 Å². The molecule has 1 heterocycles. The molecule has 1 saturated heterocycles. The summed E-state index contributed by atoms with van der Waals surface area (Å²) in [5.41, 5.74) is -0.342. The van der Waals surface area contributed by atoms with Gasteiger partial charge in [0.05, 0.1) is 37.1 Å². The number of hydrogen-bond donors (Lipinski definition) is 1. The number of hydrogen-bond acceptors (Lipinski definition) is 4. The SMILES string of the molecule is O=[N+]([O-])c1ccccc1S(=O)(=O)N1CC[NH+]([C@@H]2C[C@H]3CC[C@@H]2C3)CC1. The highest BCUT2D eigenvalue weighted by molar-refractivity contribution is 7.89. The second-order valence-electron chi connectivity index (χ2n) is 7.57. The van der Waals surface area contributed by atoms with Crippen LogP contribution in [0, 0.1) is 22.0 Å². The fourth-order valence-electron chi connectivity index (χ4n) is 5.09. The van der Waals surface area contributed by atoms with Crippen LogP contribution in [0.2, 0.25) is 0 Å². The minimum absolute atomic E-state index is 0.191. The quantitative estimate of drug-likeness (QED) is 0.627. The molecule has 1 aliphatic heterocycles. The Morgan fingerprint density at radius 2 is 1.84 bits per heavy atom. The van der Waals surface area contributed by atoms with Gasteiger partial charge < -0.3 is 4.90 Å².